The lowest BCUT2D eigenvalue weighted by Gasteiger charge is -2.24. The average molecular weight is 377 g/mol. The molecule has 1 aromatic carbocycles. The van der Waals surface area contributed by atoms with Gasteiger partial charge >= 0.3 is 5.69 Å². The van der Waals surface area contributed by atoms with E-state index >= 15 is 4.39 Å². The van der Waals surface area contributed by atoms with Crippen LogP contribution in [-0.2, 0) is 0 Å². The number of rotatable bonds is 4. The number of nitrogen functional groups attached to an aromatic ring is 1. The summed E-state index contributed by atoms with van der Waals surface area (Å²) in [4.78, 5) is 27.1. The molecule has 2 atom stereocenters. The van der Waals surface area contributed by atoms with Gasteiger partial charge in [-0.1, -0.05) is 6.92 Å². The monoisotopic (exact) mass is 377 g/mol. The minimum atomic E-state index is -0.731. The summed E-state index contributed by atoms with van der Waals surface area (Å²) in [6.07, 6.45) is 1.61. The van der Waals surface area contributed by atoms with Gasteiger partial charge in [0.15, 0.2) is 11.6 Å². The van der Waals surface area contributed by atoms with Crippen LogP contribution in [0.2, 0.25) is 0 Å². The number of aromatic nitrogens is 2. The Hall–Kier alpha value is -2.55. The van der Waals surface area contributed by atoms with Crippen molar-refractivity contribution >= 4 is 16.6 Å². The van der Waals surface area contributed by atoms with Crippen LogP contribution in [0.15, 0.2) is 15.7 Å². The van der Waals surface area contributed by atoms with Gasteiger partial charge in [-0.3, -0.25) is 9.36 Å². The standard InChI is InChI=1S/C18H24FN5O3/c1-9-7-22(8-10(9)6-20)15-13(19)5-12-14(16(15)27-2)23(11-3-4-11)18(26)24(21)17(12)25/h5,9-11H,3-4,6-8,20-21H2,1-2H3/t9-,10-/m1/s1. The Labute approximate surface area is 155 Å². The SMILES string of the molecule is COc1c(N2C[C@@H](CN)[C@H](C)C2)c(F)cc2c(=O)n(N)c(=O)n(C3CC3)c12. The molecule has 8 nitrogen and oxygen atoms in total. The molecule has 1 saturated carbocycles. The van der Waals surface area contributed by atoms with Crippen molar-refractivity contribution in [3.63, 3.8) is 0 Å². The maximum Gasteiger partial charge on any atom is 0.350 e. The van der Waals surface area contributed by atoms with E-state index in [1.165, 1.54) is 11.7 Å². The van der Waals surface area contributed by atoms with Gasteiger partial charge < -0.3 is 21.2 Å². The Morgan fingerprint density at radius 1 is 1.30 bits per heavy atom. The maximum atomic E-state index is 15.1. The highest BCUT2D eigenvalue weighted by Crippen LogP contribution is 2.43. The first-order valence-corrected chi connectivity index (χ1v) is 9.16. The molecule has 2 fully saturated rings. The molecule has 4 rings (SSSR count). The van der Waals surface area contributed by atoms with E-state index in [9.17, 15) is 9.59 Å². The third-order valence-electron chi connectivity index (χ3n) is 5.79. The van der Waals surface area contributed by atoms with Gasteiger partial charge in [0.2, 0.25) is 0 Å². The van der Waals surface area contributed by atoms with Crippen LogP contribution in [0.25, 0.3) is 10.9 Å². The number of fused-ring (bicyclic) bond motifs is 1. The van der Waals surface area contributed by atoms with Crippen LogP contribution < -0.4 is 32.5 Å². The summed E-state index contributed by atoms with van der Waals surface area (Å²) in [7, 11) is 1.42. The maximum absolute atomic E-state index is 15.1. The van der Waals surface area contributed by atoms with Crippen LogP contribution in [0.4, 0.5) is 10.1 Å². The molecule has 4 N–H and O–H groups in total. The average Bonchev–Trinajstić information content (AvgIpc) is 3.41. The van der Waals surface area contributed by atoms with Crippen molar-refractivity contribution in [3.8, 4) is 5.75 Å². The van der Waals surface area contributed by atoms with Gasteiger partial charge in [0.25, 0.3) is 5.56 Å². The van der Waals surface area contributed by atoms with Gasteiger partial charge in [-0.2, -0.15) is 4.68 Å². The molecule has 1 aliphatic carbocycles. The fraction of sp³-hybridized carbons (Fsp3) is 0.556. The molecule has 2 aromatic rings. The van der Waals surface area contributed by atoms with Crippen LogP contribution in [0.1, 0.15) is 25.8 Å². The number of hydrogen-bond acceptors (Lipinski definition) is 6. The van der Waals surface area contributed by atoms with E-state index < -0.39 is 17.1 Å². The van der Waals surface area contributed by atoms with E-state index in [0.717, 1.165) is 18.9 Å². The Kier molecular flexibility index (Phi) is 4.14. The molecule has 0 spiro atoms. The van der Waals surface area contributed by atoms with E-state index in [1.807, 2.05) is 4.90 Å². The van der Waals surface area contributed by atoms with E-state index in [0.29, 0.717) is 35.7 Å². The molecule has 1 aromatic heterocycles. The lowest BCUT2D eigenvalue weighted by atomic mass is 9.99. The zero-order chi connectivity index (χ0) is 19.5. The predicted octanol–water partition coefficient (Wildman–Crippen LogP) is 0.391. The van der Waals surface area contributed by atoms with Gasteiger partial charge in [0.05, 0.1) is 12.5 Å². The summed E-state index contributed by atoms with van der Waals surface area (Å²) in [6, 6.07) is 1.11. The van der Waals surface area contributed by atoms with E-state index in [2.05, 4.69) is 6.92 Å². The minimum Gasteiger partial charge on any atom is -0.492 e. The van der Waals surface area contributed by atoms with Gasteiger partial charge in [0, 0.05) is 19.1 Å². The quantitative estimate of drug-likeness (QED) is 0.746. The number of ether oxygens (including phenoxy) is 1. The van der Waals surface area contributed by atoms with Crippen LogP contribution in [0.5, 0.6) is 5.75 Å². The van der Waals surface area contributed by atoms with Crippen molar-refractivity contribution in [1.82, 2.24) is 9.24 Å². The molecule has 146 valence electrons. The smallest absolute Gasteiger partial charge is 0.350 e. The molecule has 0 amide bonds. The second-order valence-electron chi connectivity index (χ2n) is 7.57. The molecule has 1 saturated heterocycles. The molecule has 9 heteroatoms. The second-order valence-corrected chi connectivity index (χ2v) is 7.57. The van der Waals surface area contributed by atoms with E-state index in [4.69, 9.17) is 16.3 Å². The lowest BCUT2D eigenvalue weighted by Crippen LogP contribution is -2.44. The fourth-order valence-electron chi connectivity index (χ4n) is 4.12. The molecule has 0 radical (unpaired) electrons. The van der Waals surface area contributed by atoms with Crippen molar-refractivity contribution in [2.75, 3.05) is 37.5 Å². The molecule has 27 heavy (non-hydrogen) atoms. The highest BCUT2D eigenvalue weighted by molar-refractivity contribution is 5.91. The number of hydrogen-bond donors (Lipinski definition) is 2. The van der Waals surface area contributed by atoms with Crippen molar-refractivity contribution in [1.29, 1.82) is 0 Å². The number of nitrogens with two attached hydrogens (primary N) is 2. The molecule has 2 aliphatic rings. The summed E-state index contributed by atoms with van der Waals surface area (Å²) in [5.74, 6) is 5.84. The number of methoxy groups -OCH3 is 1. The minimum absolute atomic E-state index is 0.0460. The zero-order valence-electron chi connectivity index (χ0n) is 15.4. The van der Waals surface area contributed by atoms with Crippen LogP contribution >= 0.6 is 0 Å². The van der Waals surface area contributed by atoms with E-state index in [1.54, 1.807) is 0 Å². The normalized spacial score (nSPS) is 22.6. The van der Waals surface area contributed by atoms with Gasteiger partial charge in [-0.05, 0) is 37.3 Å². The van der Waals surface area contributed by atoms with Gasteiger partial charge in [0.1, 0.15) is 11.2 Å². The van der Waals surface area contributed by atoms with Crippen molar-refractivity contribution in [3.05, 3.63) is 32.7 Å². The van der Waals surface area contributed by atoms with Crippen LogP contribution in [0, 0.1) is 17.7 Å². The Bertz CT molecular complexity index is 1030. The molecule has 2 heterocycles. The van der Waals surface area contributed by atoms with Gasteiger partial charge in [-0.15, -0.1) is 0 Å². The molecule has 0 unspecified atom stereocenters. The second kappa shape index (κ2) is 6.26. The Morgan fingerprint density at radius 3 is 2.56 bits per heavy atom. The number of anilines is 1. The van der Waals surface area contributed by atoms with Crippen molar-refractivity contribution in [2.24, 2.45) is 17.6 Å². The first-order chi connectivity index (χ1) is 12.9. The molecule has 1 aliphatic heterocycles. The highest BCUT2D eigenvalue weighted by Gasteiger charge is 2.35. The molecular weight excluding hydrogens is 353 g/mol. The number of nitrogens with zero attached hydrogens (tertiary/aromatic N) is 3. The number of halogens is 1. The summed E-state index contributed by atoms with van der Waals surface area (Å²) < 4.78 is 22.7. The third kappa shape index (κ3) is 2.60. The first-order valence-electron chi connectivity index (χ1n) is 9.16. The van der Waals surface area contributed by atoms with Gasteiger partial charge in [-0.25, -0.2) is 9.18 Å². The third-order valence-corrected chi connectivity index (χ3v) is 5.79. The predicted molar refractivity (Wildman–Crippen MR) is 101 cm³/mol. The highest BCUT2D eigenvalue weighted by atomic mass is 19.1. The fourth-order valence-corrected chi connectivity index (χ4v) is 4.12. The summed E-state index contributed by atoms with van der Waals surface area (Å²) >= 11 is 0. The summed E-state index contributed by atoms with van der Waals surface area (Å²) in [6.45, 7) is 3.82. The first kappa shape index (κ1) is 17.8. The van der Waals surface area contributed by atoms with Crippen molar-refractivity contribution in [2.45, 2.75) is 25.8 Å². The van der Waals surface area contributed by atoms with Crippen LogP contribution in [-0.4, -0.2) is 36.0 Å². The van der Waals surface area contributed by atoms with E-state index in [-0.39, 0.29) is 28.8 Å². The van der Waals surface area contributed by atoms with Crippen molar-refractivity contribution < 1.29 is 9.13 Å². The zero-order valence-corrected chi connectivity index (χ0v) is 15.4. The van der Waals surface area contributed by atoms with Crippen LogP contribution in [0.3, 0.4) is 0 Å². The molecular formula is C18H24FN5O3. The Balaban J connectivity index is 2.03. The Morgan fingerprint density at radius 2 is 2.00 bits per heavy atom. The lowest BCUT2D eigenvalue weighted by molar-refractivity contribution is 0.412. The number of benzene rings is 1. The summed E-state index contributed by atoms with van der Waals surface area (Å²) in [5.41, 5.74) is 5.09. The molecule has 0 bridgehead atoms. The topological polar surface area (TPSA) is 109 Å². The largest absolute Gasteiger partial charge is 0.492 e. The summed E-state index contributed by atoms with van der Waals surface area (Å²) in [5, 5.41) is 0.0460.